The molecular formula is C19H18N2O6. The molecule has 5 amide bonds. The summed E-state index contributed by atoms with van der Waals surface area (Å²) in [4.78, 5) is 63.7. The fourth-order valence-corrected chi connectivity index (χ4v) is 4.31. The van der Waals surface area contributed by atoms with Crippen LogP contribution in [0.2, 0.25) is 0 Å². The summed E-state index contributed by atoms with van der Waals surface area (Å²) in [6.07, 6.45) is -0.794. The lowest BCUT2D eigenvalue weighted by Gasteiger charge is -2.28. The summed E-state index contributed by atoms with van der Waals surface area (Å²) >= 11 is 0. The number of carbonyl (C=O) groups is 5. The Morgan fingerprint density at radius 3 is 1.89 bits per heavy atom. The van der Waals surface area contributed by atoms with Gasteiger partial charge in [-0.25, -0.2) is 4.79 Å². The van der Waals surface area contributed by atoms with Crippen LogP contribution in [0.4, 0.5) is 4.79 Å². The number of fused-ring (bicyclic) bond motifs is 2. The lowest BCUT2D eigenvalue weighted by molar-refractivity contribution is -0.138. The lowest BCUT2D eigenvalue weighted by Crippen LogP contribution is -2.37. The van der Waals surface area contributed by atoms with E-state index in [1.807, 2.05) is 6.07 Å². The predicted octanol–water partition coefficient (Wildman–Crippen LogP) is 0.949. The van der Waals surface area contributed by atoms with Crippen LogP contribution in [0.3, 0.4) is 0 Å². The monoisotopic (exact) mass is 370 g/mol. The van der Waals surface area contributed by atoms with Gasteiger partial charge < -0.3 is 4.74 Å². The number of ether oxygens (including phenoxy) is 1. The smallest absolute Gasteiger partial charge is 0.423 e. The number of rotatable bonds is 2. The number of amides is 5. The summed E-state index contributed by atoms with van der Waals surface area (Å²) in [7, 11) is 1.41. The van der Waals surface area contributed by atoms with Crippen molar-refractivity contribution >= 4 is 29.7 Å². The first-order chi connectivity index (χ1) is 12.9. The van der Waals surface area contributed by atoms with Gasteiger partial charge in [0.25, 0.3) is 0 Å². The zero-order valence-corrected chi connectivity index (χ0v) is 14.7. The molecule has 140 valence electrons. The number of imide groups is 4. The molecule has 8 nitrogen and oxygen atoms in total. The second-order valence-electron chi connectivity index (χ2n) is 7.18. The minimum Gasteiger partial charge on any atom is -0.444 e. The molecule has 8 heteroatoms. The fourth-order valence-electron chi connectivity index (χ4n) is 4.31. The van der Waals surface area contributed by atoms with Crippen LogP contribution in [0.1, 0.15) is 18.4 Å². The van der Waals surface area contributed by atoms with Crippen molar-refractivity contribution in [1.29, 1.82) is 0 Å². The number of hydrogen-bond donors (Lipinski definition) is 0. The van der Waals surface area contributed by atoms with Gasteiger partial charge in [-0.2, -0.15) is 4.90 Å². The van der Waals surface area contributed by atoms with Crippen LogP contribution in [0.25, 0.3) is 0 Å². The molecule has 0 bridgehead atoms. The third-order valence-corrected chi connectivity index (χ3v) is 5.75. The zero-order valence-electron chi connectivity index (χ0n) is 14.7. The Hall–Kier alpha value is -3.03. The maximum absolute atomic E-state index is 12.7. The van der Waals surface area contributed by atoms with E-state index >= 15 is 0 Å². The topological polar surface area (TPSA) is 101 Å². The molecular weight excluding hydrogens is 352 g/mol. The summed E-state index contributed by atoms with van der Waals surface area (Å²) in [6, 6.07) is 8.91. The highest BCUT2D eigenvalue weighted by Crippen LogP contribution is 2.47. The second-order valence-corrected chi connectivity index (χ2v) is 7.18. The van der Waals surface area contributed by atoms with Crippen LogP contribution in [-0.4, -0.2) is 46.6 Å². The highest BCUT2D eigenvalue weighted by molar-refractivity contribution is 6.16. The third-order valence-electron chi connectivity index (χ3n) is 5.75. The van der Waals surface area contributed by atoms with Crippen molar-refractivity contribution in [3.05, 3.63) is 35.9 Å². The molecule has 0 N–H and O–H groups in total. The standard InChI is InChI=1S/C19H18N2O6/c1-20-15(22)11-7-13-14(8-12(11)16(20)23)18(25)21(17(13)24)19(26)27-9-10-5-3-2-4-6-10/h2-6,11-14H,7-9H2,1H3. The Labute approximate surface area is 155 Å². The summed E-state index contributed by atoms with van der Waals surface area (Å²) in [6.45, 7) is -0.0565. The van der Waals surface area contributed by atoms with E-state index < -0.39 is 41.6 Å². The maximum Gasteiger partial charge on any atom is 0.423 e. The molecule has 2 saturated heterocycles. The van der Waals surface area contributed by atoms with Crippen molar-refractivity contribution in [3.8, 4) is 0 Å². The molecule has 4 atom stereocenters. The molecule has 0 radical (unpaired) electrons. The Morgan fingerprint density at radius 2 is 1.37 bits per heavy atom. The van der Waals surface area contributed by atoms with E-state index in [1.54, 1.807) is 24.3 Å². The van der Waals surface area contributed by atoms with E-state index in [2.05, 4.69) is 0 Å². The first-order valence-corrected chi connectivity index (χ1v) is 8.80. The Kier molecular flexibility index (Phi) is 4.05. The van der Waals surface area contributed by atoms with Gasteiger partial charge in [0.15, 0.2) is 0 Å². The number of carbonyl (C=O) groups excluding carboxylic acids is 5. The first-order valence-electron chi connectivity index (χ1n) is 8.80. The zero-order chi connectivity index (χ0) is 19.3. The van der Waals surface area contributed by atoms with Gasteiger partial charge in [0, 0.05) is 7.05 Å². The molecule has 2 heterocycles. The number of nitrogens with zero attached hydrogens (tertiary/aromatic N) is 2. The van der Waals surface area contributed by atoms with Crippen LogP contribution in [0.5, 0.6) is 0 Å². The van der Waals surface area contributed by atoms with Crippen molar-refractivity contribution in [3.63, 3.8) is 0 Å². The normalized spacial score (nSPS) is 29.8. The fraction of sp³-hybridized carbons (Fsp3) is 0.421. The second kappa shape index (κ2) is 6.29. The quantitative estimate of drug-likeness (QED) is 0.719. The van der Waals surface area contributed by atoms with Gasteiger partial charge in [0.2, 0.25) is 23.6 Å². The van der Waals surface area contributed by atoms with Crippen LogP contribution < -0.4 is 0 Å². The van der Waals surface area contributed by atoms with Gasteiger partial charge in [-0.05, 0) is 18.4 Å². The maximum atomic E-state index is 12.7. The lowest BCUT2D eigenvalue weighted by atomic mass is 9.70. The van der Waals surface area contributed by atoms with Gasteiger partial charge in [0.05, 0.1) is 23.7 Å². The summed E-state index contributed by atoms with van der Waals surface area (Å²) in [5.41, 5.74) is 0.733. The summed E-state index contributed by atoms with van der Waals surface area (Å²) in [5.74, 6) is -4.64. The Bertz CT molecular complexity index is 809. The van der Waals surface area contributed by atoms with Crippen LogP contribution in [-0.2, 0) is 30.5 Å². The van der Waals surface area contributed by atoms with Crippen molar-refractivity contribution in [2.24, 2.45) is 23.7 Å². The van der Waals surface area contributed by atoms with E-state index in [0.29, 0.717) is 4.90 Å². The number of likely N-dealkylation sites (tertiary alicyclic amines) is 2. The van der Waals surface area contributed by atoms with Crippen molar-refractivity contribution in [1.82, 2.24) is 9.80 Å². The van der Waals surface area contributed by atoms with Gasteiger partial charge in [-0.1, -0.05) is 30.3 Å². The highest BCUT2D eigenvalue weighted by Gasteiger charge is 2.60. The molecule has 1 aliphatic carbocycles. The van der Waals surface area contributed by atoms with E-state index in [-0.39, 0.29) is 31.3 Å². The molecule has 27 heavy (non-hydrogen) atoms. The van der Waals surface area contributed by atoms with Crippen LogP contribution >= 0.6 is 0 Å². The predicted molar refractivity (Wildman–Crippen MR) is 89.5 cm³/mol. The Morgan fingerprint density at radius 1 is 0.889 bits per heavy atom. The highest BCUT2D eigenvalue weighted by atomic mass is 16.6. The SMILES string of the molecule is CN1C(=O)C2CC3C(=O)N(C(=O)OCc4ccccc4)C(=O)C3CC2C1=O. The molecule has 3 aliphatic rings. The molecule has 4 unspecified atom stereocenters. The molecule has 0 aromatic heterocycles. The number of benzene rings is 1. The van der Waals surface area contributed by atoms with Gasteiger partial charge in [-0.3, -0.25) is 24.1 Å². The number of hydrogen-bond acceptors (Lipinski definition) is 6. The molecule has 0 spiro atoms. The molecule has 1 aromatic rings. The first kappa shape index (κ1) is 17.4. The van der Waals surface area contributed by atoms with E-state index in [1.165, 1.54) is 7.05 Å². The van der Waals surface area contributed by atoms with Crippen molar-refractivity contribution in [2.75, 3.05) is 7.05 Å². The van der Waals surface area contributed by atoms with Crippen LogP contribution in [0, 0.1) is 23.7 Å². The average Bonchev–Trinajstić information content (AvgIpc) is 3.05. The Balaban J connectivity index is 1.49. The van der Waals surface area contributed by atoms with E-state index in [0.717, 1.165) is 10.5 Å². The van der Waals surface area contributed by atoms with Crippen molar-refractivity contribution < 1.29 is 28.7 Å². The molecule has 1 saturated carbocycles. The summed E-state index contributed by atoms with van der Waals surface area (Å²) < 4.78 is 5.12. The van der Waals surface area contributed by atoms with Crippen LogP contribution in [0.15, 0.2) is 30.3 Å². The molecule has 1 aromatic carbocycles. The van der Waals surface area contributed by atoms with E-state index in [9.17, 15) is 24.0 Å². The molecule has 3 fully saturated rings. The minimum absolute atomic E-state index is 0.0565. The van der Waals surface area contributed by atoms with E-state index in [4.69, 9.17) is 4.74 Å². The largest absolute Gasteiger partial charge is 0.444 e. The summed E-state index contributed by atoms with van der Waals surface area (Å²) in [5, 5.41) is 0. The molecule has 2 aliphatic heterocycles. The minimum atomic E-state index is -1.01. The average molecular weight is 370 g/mol. The van der Waals surface area contributed by atoms with Crippen molar-refractivity contribution in [2.45, 2.75) is 19.4 Å². The van der Waals surface area contributed by atoms with Gasteiger partial charge >= 0.3 is 6.09 Å². The third kappa shape index (κ3) is 2.63. The van der Waals surface area contributed by atoms with Gasteiger partial charge in [-0.15, -0.1) is 0 Å². The molecule has 4 rings (SSSR count). The van der Waals surface area contributed by atoms with Gasteiger partial charge in [0.1, 0.15) is 6.61 Å².